The van der Waals surface area contributed by atoms with Crippen LogP contribution in [-0.4, -0.2) is 65.1 Å². The fourth-order valence-electron chi connectivity index (χ4n) is 7.60. The van der Waals surface area contributed by atoms with Gasteiger partial charge in [-0.1, -0.05) is 6.58 Å². The van der Waals surface area contributed by atoms with E-state index in [1.165, 1.54) is 25.7 Å². The van der Waals surface area contributed by atoms with Gasteiger partial charge >= 0.3 is 0 Å². The number of nitrogens with one attached hydrogen (secondary N) is 1. The lowest BCUT2D eigenvalue weighted by atomic mass is 9.82. The first-order chi connectivity index (χ1) is 16.5. The number of nitrogens with zero attached hydrogens (tertiary/aromatic N) is 2. The van der Waals surface area contributed by atoms with Gasteiger partial charge in [0.1, 0.15) is 17.9 Å². The Hall–Kier alpha value is -2.38. The molecule has 1 N–H and O–H groups in total. The summed E-state index contributed by atoms with van der Waals surface area (Å²) in [5.41, 5.74) is 2.38. The molecule has 1 unspecified atom stereocenters. The lowest BCUT2D eigenvalue weighted by Gasteiger charge is -2.31. The van der Waals surface area contributed by atoms with E-state index in [9.17, 15) is 9.59 Å². The number of carbonyl (C=O) groups is 2. The molecule has 0 spiro atoms. The van der Waals surface area contributed by atoms with Crippen molar-refractivity contribution < 1.29 is 19.1 Å². The first-order valence-corrected chi connectivity index (χ1v) is 13.0. The van der Waals surface area contributed by atoms with Gasteiger partial charge in [0.25, 0.3) is 5.91 Å². The Bertz CT molecular complexity index is 1040. The molecule has 5 heterocycles. The van der Waals surface area contributed by atoms with E-state index in [4.69, 9.17) is 9.47 Å². The van der Waals surface area contributed by atoms with Crippen molar-refractivity contribution in [2.24, 2.45) is 11.8 Å². The Morgan fingerprint density at radius 3 is 2.59 bits per heavy atom. The van der Waals surface area contributed by atoms with Gasteiger partial charge in [-0.15, -0.1) is 0 Å². The van der Waals surface area contributed by atoms with E-state index < -0.39 is 6.04 Å². The zero-order chi connectivity index (χ0) is 23.0. The minimum Gasteiger partial charge on any atom is -0.489 e. The number of likely N-dealkylation sites (tertiary alicyclic amines) is 1. The molecule has 180 valence electrons. The minimum absolute atomic E-state index is 0.0617. The highest BCUT2D eigenvalue weighted by atomic mass is 16.5. The highest BCUT2D eigenvalue weighted by molar-refractivity contribution is 6.01. The van der Waals surface area contributed by atoms with Gasteiger partial charge < -0.3 is 19.7 Å². The Kier molecular flexibility index (Phi) is 4.82. The van der Waals surface area contributed by atoms with Gasteiger partial charge in [-0.05, 0) is 68.7 Å². The van der Waals surface area contributed by atoms with Crippen molar-refractivity contribution in [2.75, 3.05) is 13.1 Å². The number of amides is 2. The number of rotatable bonds is 4. The number of benzene rings is 1. The van der Waals surface area contributed by atoms with Gasteiger partial charge in [0.2, 0.25) is 5.91 Å². The van der Waals surface area contributed by atoms with Crippen molar-refractivity contribution in [3.63, 3.8) is 0 Å². The van der Waals surface area contributed by atoms with E-state index in [1.807, 2.05) is 18.2 Å². The first kappa shape index (κ1) is 20.9. The number of carbonyl (C=O) groups excluding carboxylic acids is 2. The summed E-state index contributed by atoms with van der Waals surface area (Å²) in [5.74, 6) is 2.08. The first-order valence-electron chi connectivity index (χ1n) is 13.0. The van der Waals surface area contributed by atoms with Crippen LogP contribution in [0, 0.1) is 11.8 Å². The predicted octanol–water partition coefficient (Wildman–Crippen LogP) is 2.84. The monoisotopic (exact) mass is 463 g/mol. The molecule has 4 saturated heterocycles. The molecule has 34 heavy (non-hydrogen) atoms. The van der Waals surface area contributed by atoms with Crippen LogP contribution in [0.25, 0.3) is 0 Å². The SMILES string of the molecule is C=C1CCC(N2Cc3cc(O[C@@H]4CCC[C@H]4N4C[C@@H]5[C@H](C4)[C@H]4CC[C@@H]5O4)ccc3C2=O)C(=O)N1. The Balaban J connectivity index is 1.04. The van der Waals surface area contributed by atoms with Crippen molar-refractivity contribution >= 4 is 11.8 Å². The smallest absolute Gasteiger partial charge is 0.255 e. The van der Waals surface area contributed by atoms with Crippen LogP contribution < -0.4 is 10.1 Å². The zero-order valence-corrected chi connectivity index (χ0v) is 19.6. The summed E-state index contributed by atoms with van der Waals surface area (Å²) in [6, 6.07) is 5.88. The number of piperidine rings is 1. The van der Waals surface area contributed by atoms with Gasteiger partial charge in [-0.2, -0.15) is 0 Å². The molecular formula is C27H33N3O4. The zero-order valence-electron chi connectivity index (χ0n) is 19.6. The molecule has 5 fully saturated rings. The second kappa shape index (κ2) is 7.82. The van der Waals surface area contributed by atoms with Crippen LogP contribution in [-0.2, 0) is 16.1 Å². The van der Waals surface area contributed by atoms with E-state index in [2.05, 4.69) is 16.8 Å². The molecule has 2 bridgehead atoms. The highest BCUT2D eigenvalue weighted by Crippen LogP contribution is 2.48. The molecule has 0 radical (unpaired) electrons. The number of hydrogen-bond donors (Lipinski definition) is 1. The molecule has 0 aromatic heterocycles. The average Bonchev–Trinajstić information content (AvgIpc) is 3.62. The molecule has 1 aromatic carbocycles. The van der Waals surface area contributed by atoms with Crippen LogP contribution in [0.3, 0.4) is 0 Å². The molecule has 2 amide bonds. The van der Waals surface area contributed by atoms with Gasteiger partial charge in [0, 0.05) is 48.8 Å². The summed E-state index contributed by atoms with van der Waals surface area (Å²) in [6.07, 6.45) is 8.46. The van der Waals surface area contributed by atoms with E-state index >= 15 is 0 Å². The summed E-state index contributed by atoms with van der Waals surface area (Å²) >= 11 is 0. The molecule has 7 heteroatoms. The van der Waals surface area contributed by atoms with Gasteiger partial charge in [0.15, 0.2) is 0 Å². The average molecular weight is 464 g/mol. The van der Waals surface area contributed by atoms with Crippen molar-refractivity contribution in [1.82, 2.24) is 15.1 Å². The number of fused-ring (bicyclic) bond motifs is 6. The molecule has 1 aliphatic carbocycles. The van der Waals surface area contributed by atoms with E-state index in [0.717, 1.165) is 36.5 Å². The maximum Gasteiger partial charge on any atom is 0.255 e. The predicted molar refractivity (Wildman–Crippen MR) is 125 cm³/mol. The Morgan fingerprint density at radius 2 is 1.82 bits per heavy atom. The molecule has 1 saturated carbocycles. The topological polar surface area (TPSA) is 71.1 Å². The second-order valence-electron chi connectivity index (χ2n) is 11.1. The number of allylic oxidation sites excluding steroid dienone is 1. The number of ether oxygens (including phenoxy) is 2. The van der Waals surface area contributed by atoms with Crippen LogP contribution in [0.4, 0.5) is 0 Å². The molecule has 5 aliphatic heterocycles. The highest BCUT2D eigenvalue weighted by Gasteiger charge is 2.54. The molecule has 6 aliphatic rings. The van der Waals surface area contributed by atoms with E-state index in [-0.39, 0.29) is 17.9 Å². The second-order valence-corrected chi connectivity index (χ2v) is 11.1. The van der Waals surface area contributed by atoms with Crippen molar-refractivity contribution in [1.29, 1.82) is 0 Å². The molecule has 7 atom stereocenters. The largest absolute Gasteiger partial charge is 0.489 e. The summed E-state index contributed by atoms with van der Waals surface area (Å²) in [7, 11) is 0. The molecule has 7 nitrogen and oxygen atoms in total. The maximum atomic E-state index is 13.0. The van der Waals surface area contributed by atoms with E-state index in [1.54, 1.807) is 4.90 Å². The lowest BCUT2D eigenvalue weighted by Crippen LogP contribution is -2.49. The summed E-state index contributed by atoms with van der Waals surface area (Å²) in [4.78, 5) is 29.9. The quantitative estimate of drug-likeness (QED) is 0.744. The third-order valence-corrected chi connectivity index (χ3v) is 9.26. The van der Waals surface area contributed by atoms with Crippen LogP contribution in [0.1, 0.15) is 60.9 Å². The molecule has 1 aromatic rings. The maximum absolute atomic E-state index is 13.0. The van der Waals surface area contributed by atoms with Gasteiger partial charge in [-0.3, -0.25) is 14.5 Å². The minimum atomic E-state index is -0.428. The Labute approximate surface area is 200 Å². The summed E-state index contributed by atoms with van der Waals surface area (Å²) in [5, 5.41) is 2.80. The number of hydrogen-bond acceptors (Lipinski definition) is 5. The van der Waals surface area contributed by atoms with Crippen LogP contribution in [0.15, 0.2) is 30.5 Å². The van der Waals surface area contributed by atoms with Crippen molar-refractivity contribution in [3.05, 3.63) is 41.6 Å². The Morgan fingerprint density at radius 1 is 1.03 bits per heavy atom. The fraction of sp³-hybridized carbons (Fsp3) is 0.630. The van der Waals surface area contributed by atoms with Crippen molar-refractivity contribution in [3.8, 4) is 5.75 Å². The van der Waals surface area contributed by atoms with E-state index in [0.29, 0.717) is 55.0 Å². The van der Waals surface area contributed by atoms with Crippen LogP contribution in [0.5, 0.6) is 5.75 Å². The molecule has 7 rings (SSSR count). The fourth-order valence-corrected chi connectivity index (χ4v) is 7.60. The van der Waals surface area contributed by atoms with Gasteiger partial charge in [0.05, 0.1) is 12.2 Å². The lowest BCUT2D eigenvalue weighted by molar-refractivity contribution is -0.126. The summed E-state index contributed by atoms with van der Waals surface area (Å²) < 4.78 is 12.7. The normalized spacial score (nSPS) is 39.0. The third kappa shape index (κ3) is 3.23. The standard InChI is InChI=1S/C27H33N3O4/c1-15-5-8-22(26(31)28-15)30-12-16-11-17(6-7-18(16)27(30)32)33-25-4-2-3-21(25)29-13-19-20(14-29)24-10-9-23(19)34-24/h6-7,11,19-25H,1-5,8-10,12-14H2,(H,28,31)/t19-,20+,21-,22?,23+,24-,25-/m1/s1. The molecular weight excluding hydrogens is 430 g/mol. The van der Waals surface area contributed by atoms with Crippen LogP contribution >= 0.6 is 0 Å². The van der Waals surface area contributed by atoms with Gasteiger partial charge in [-0.25, -0.2) is 0 Å². The summed E-state index contributed by atoms with van der Waals surface area (Å²) in [6.45, 7) is 6.61. The van der Waals surface area contributed by atoms with Crippen LogP contribution in [0.2, 0.25) is 0 Å². The van der Waals surface area contributed by atoms with Crippen molar-refractivity contribution in [2.45, 2.75) is 81.9 Å². The third-order valence-electron chi connectivity index (χ3n) is 9.26.